The topological polar surface area (TPSA) is 57.1 Å². The highest BCUT2D eigenvalue weighted by Gasteiger charge is 2.25. The second-order valence-electron chi connectivity index (χ2n) is 6.39. The van der Waals surface area contributed by atoms with Crippen molar-refractivity contribution in [2.75, 3.05) is 14.2 Å². The standard InChI is InChI=1S/C24H19NO4/c1-27-21-13-12-19(15-22(21)28-2)23-25-20(24(26)29-23)14-16-8-10-18(11-9-16)17-6-4-3-5-7-17/h3-15H,1-2H3/b20-14+. The highest BCUT2D eigenvalue weighted by Crippen LogP contribution is 2.29. The van der Waals surface area contributed by atoms with E-state index >= 15 is 0 Å². The Kier molecular flexibility index (Phi) is 5.12. The fraction of sp³-hybridized carbons (Fsp3) is 0.0833. The number of ether oxygens (including phenoxy) is 3. The molecule has 0 saturated heterocycles. The van der Waals surface area contributed by atoms with Crippen LogP contribution in [-0.4, -0.2) is 26.1 Å². The Balaban J connectivity index is 1.60. The Bertz CT molecular complexity index is 1100. The first-order valence-corrected chi connectivity index (χ1v) is 9.08. The summed E-state index contributed by atoms with van der Waals surface area (Å²) in [6.45, 7) is 0. The molecule has 29 heavy (non-hydrogen) atoms. The van der Waals surface area contributed by atoms with Crippen molar-refractivity contribution in [1.82, 2.24) is 0 Å². The molecule has 0 bridgehead atoms. The summed E-state index contributed by atoms with van der Waals surface area (Å²) in [6, 6.07) is 23.3. The van der Waals surface area contributed by atoms with Crippen LogP contribution in [0, 0.1) is 0 Å². The van der Waals surface area contributed by atoms with E-state index in [1.807, 2.05) is 42.5 Å². The monoisotopic (exact) mass is 385 g/mol. The summed E-state index contributed by atoms with van der Waals surface area (Å²) in [5, 5.41) is 0. The number of aliphatic imine (C=N–C) groups is 1. The molecule has 1 aliphatic heterocycles. The summed E-state index contributed by atoms with van der Waals surface area (Å²) in [5.41, 5.74) is 4.01. The minimum absolute atomic E-state index is 0.239. The lowest BCUT2D eigenvalue weighted by Gasteiger charge is -2.08. The number of esters is 1. The van der Waals surface area contributed by atoms with Crippen LogP contribution < -0.4 is 9.47 Å². The summed E-state index contributed by atoms with van der Waals surface area (Å²) in [5.74, 6) is 0.887. The third-order valence-electron chi connectivity index (χ3n) is 4.57. The van der Waals surface area contributed by atoms with E-state index in [-0.39, 0.29) is 11.6 Å². The van der Waals surface area contributed by atoms with Gasteiger partial charge in [0.15, 0.2) is 17.2 Å². The first-order chi connectivity index (χ1) is 14.2. The van der Waals surface area contributed by atoms with Gasteiger partial charge in [0, 0.05) is 5.56 Å². The second-order valence-corrected chi connectivity index (χ2v) is 6.39. The first-order valence-electron chi connectivity index (χ1n) is 9.08. The van der Waals surface area contributed by atoms with Crippen molar-refractivity contribution in [2.45, 2.75) is 0 Å². The molecule has 0 fully saturated rings. The maximum Gasteiger partial charge on any atom is 0.363 e. The maximum atomic E-state index is 12.3. The Morgan fingerprint density at radius 2 is 1.45 bits per heavy atom. The van der Waals surface area contributed by atoms with Gasteiger partial charge in [-0.05, 0) is 41.0 Å². The Morgan fingerprint density at radius 3 is 2.14 bits per heavy atom. The van der Waals surface area contributed by atoms with Gasteiger partial charge >= 0.3 is 5.97 Å². The fourth-order valence-corrected chi connectivity index (χ4v) is 3.06. The smallest absolute Gasteiger partial charge is 0.363 e. The molecule has 144 valence electrons. The first kappa shape index (κ1) is 18.5. The summed E-state index contributed by atoms with van der Waals surface area (Å²) in [6.07, 6.45) is 1.71. The van der Waals surface area contributed by atoms with E-state index in [1.165, 1.54) is 0 Å². The number of hydrogen-bond acceptors (Lipinski definition) is 5. The molecule has 5 heteroatoms. The highest BCUT2D eigenvalue weighted by molar-refractivity contribution is 6.13. The van der Waals surface area contributed by atoms with Crippen LogP contribution in [0.3, 0.4) is 0 Å². The third kappa shape index (κ3) is 3.89. The van der Waals surface area contributed by atoms with Gasteiger partial charge < -0.3 is 14.2 Å². The summed E-state index contributed by atoms with van der Waals surface area (Å²) in [7, 11) is 3.11. The van der Waals surface area contributed by atoms with Crippen LogP contribution in [0.4, 0.5) is 0 Å². The predicted octanol–water partition coefficient (Wildman–Crippen LogP) is 4.72. The van der Waals surface area contributed by atoms with Crippen LogP contribution in [0.25, 0.3) is 17.2 Å². The molecule has 0 atom stereocenters. The Morgan fingerprint density at radius 1 is 0.793 bits per heavy atom. The predicted molar refractivity (Wildman–Crippen MR) is 112 cm³/mol. The second kappa shape index (κ2) is 8.02. The molecular formula is C24H19NO4. The average Bonchev–Trinajstić information content (AvgIpc) is 3.14. The number of hydrogen-bond donors (Lipinski definition) is 0. The lowest BCUT2D eigenvalue weighted by molar-refractivity contribution is -0.129. The number of nitrogens with zero attached hydrogens (tertiary/aromatic N) is 1. The Hall–Kier alpha value is -3.86. The van der Waals surface area contributed by atoms with Crippen molar-refractivity contribution in [2.24, 2.45) is 4.99 Å². The molecule has 0 spiro atoms. The van der Waals surface area contributed by atoms with Gasteiger partial charge in [0.1, 0.15) is 0 Å². The highest BCUT2D eigenvalue weighted by atomic mass is 16.6. The van der Waals surface area contributed by atoms with Crippen molar-refractivity contribution in [3.8, 4) is 22.6 Å². The van der Waals surface area contributed by atoms with Crippen LogP contribution in [0.15, 0.2) is 83.5 Å². The van der Waals surface area contributed by atoms with E-state index in [0.717, 1.165) is 16.7 Å². The third-order valence-corrected chi connectivity index (χ3v) is 4.57. The average molecular weight is 385 g/mol. The number of carbonyl (C=O) groups excluding carboxylic acids is 1. The quantitative estimate of drug-likeness (QED) is 0.471. The SMILES string of the molecule is COc1ccc(C2=N/C(=C/c3ccc(-c4ccccc4)cc3)C(=O)O2)cc1OC. The van der Waals surface area contributed by atoms with Crippen molar-refractivity contribution in [3.05, 3.63) is 89.6 Å². The van der Waals surface area contributed by atoms with Crippen LogP contribution in [0.1, 0.15) is 11.1 Å². The van der Waals surface area contributed by atoms with E-state index in [0.29, 0.717) is 17.1 Å². The van der Waals surface area contributed by atoms with E-state index in [9.17, 15) is 4.79 Å². The zero-order valence-corrected chi connectivity index (χ0v) is 16.1. The van der Waals surface area contributed by atoms with E-state index in [2.05, 4.69) is 17.1 Å². The lowest BCUT2D eigenvalue weighted by atomic mass is 10.0. The molecule has 0 unspecified atom stereocenters. The molecule has 0 amide bonds. The number of cyclic esters (lactones) is 1. The molecular weight excluding hydrogens is 366 g/mol. The minimum atomic E-state index is -0.484. The normalized spacial score (nSPS) is 14.5. The molecule has 1 aliphatic rings. The van der Waals surface area contributed by atoms with Gasteiger partial charge in [-0.3, -0.25) is 0 Å². The van der Waals surface area contributed by atoms with Gasteiger partial charge in [0.05, 0.1) is 14.2 Å². The maximum absolute atomic E-state index is 12.3. The van der Waals surface area contributed by atoms with Gasteiger partial charge in [-0.25, -0.2) is 9.79 Å². The number of benzene rings is 3. The molecule has 0 aromatic heterocycles. The zero-order chi connectivity index (χ0) is 20.2. The van der Waals surface area contributed by atoms with Crippen LogP contribution in [-0.2, 0) is 9.53 Å². The molecule has 0 aliphatic carbocycles. The van der Waals surface area contributed by atoms with Crippen LogP contribution in [0.5, 0.6) is 11.5 Å². The van der Waals surface area contributed by atoms with Crippen molar-refractivity contribution < 1.29 is 19.0 Å². The van der Waals surface area contributed by atoms with Gasteiger partial charge in [0.25, 0.3) is 0 Å². The van der Waals surface area contributed by atoms with Crippen molar-refractivity contribution >= 4 is 17.9 Å². The molecule has 3 aromatic rings. The van der Waals surface area contributed by atoms with Gasteiger partial charge in [-0.2, -0.15) is 0 Å². The number of carbonyl (C=O) groups is 1. The lowest BCUT2D eigenvalue weighted by Crippen LogP contribution is -2.05. The van der Waals surface area contributed by atoms with Gasteiger partial charge in [-0.1, -0.05) is 54.6 Å². The summed E-state index contributed by atoms with van der Waals surface area (Å²) >= 11 is 0. The molecule has 4 rings (SSSR count). The van der Waals surface area contributed by atoms with Gasteiger partial charge in [-0.15, -0.1) is 0 Å². The zero-order valence-electron chi connectivity index (χ0n) is 16.1. The molecule has 1 heterocycles. The summed E-state index contributed by atoms with van der Waals surface area (Å²) < 4.78 is 15.9. The molecule has 5 nitrogen and oxygen atoms in total. The van der Waals surface area contributed by atoms with Crippen molar-refractivity contribution in [3.63, 3.8) is 0 Å². The van der Waals surface area contributed by atoms with Crippen LogP contribution in [0.2, 0.25) is 0 Å². The molecule has 0 saturated carbocycles. The molecule has 0 N–H and O–H groups in total. The van der Waals surface area contributed by atoms with E-state index in [1.54, 1.807) is 38.5 Å². The molecule has 3 aromatic carbocycles. The largest absolute Gasteiger partial charge is 0.493 e. The minimum Gasteiger partial charge on any atom is -0.493 e. The number of methoxy groups -OCH3 is 2. The molecule has 0 radical (unpaired) electrons. The van der Waals surface area contributed by atoms with E-state index < -0.39 is 5.97 Å². The summed E-state index contributed by atoms with van der Waals surface area (Å²) in [4.78, 5) is 16.6. The van der Waals surface area contributed by atoms with Crippen molar-refractivity contribution in [1.29, 1.82) is 0 Å². The Labute approximate surface area is 168 Å². The van der Waals surface area contributed by atoms with Gasteiger partial charge in [0.2, 0.25) is 5.90 Å². The fourth-order valence-electron chi connectivity index (χ4n) is 3.06. The van der Waals surface area contributed by atoms with Crippen LogP contribution >= 0.6 is 0 Å². The van der Waals surface area contributed by atoms with E-state index in [4.69, 9.17) is 14.2 Å². The number of rotatable bonds is 5.